The lowest BCUT2D eigenvalue weighted by atomic mass is 9.90. The predicted octanol–water partition coefficient (Wildman–Crippen LogP) is 3.90. The number of aromatic amines is 1. The highest BCUT2D eigenvalue weighted by Gasteiger charge is 2.29. The van der Waals surface area contributed by atoms with Crippen LogP contribution in [0.1, 0.15) is 48.8 Å². The summed E-state index contributed by atoms with van der Waals surface area (Å²) in [4.78, 5) is 7.53. The van der Waals surface area contributed by atoms with Crippen molar-refractivity contribution in [2.75, 3.05) is 38.4 Å². The molecule has 5 rings (SSSR count). The minimum absolute atomic E-state index is 0.622. The SMILES string of the molecule is COc1ccc(CCNc2nc3n[nH]c(N)c3c3c2CN(C2CCCCC2)CC3)cc1OC. The summed E-state index contributed by atoms with van der Waals surface area (Å²) in [5, 5.41) is 11.9. The lowest BCUT2D eigenvalue weighted by Crippen LogP contribution is -2.40. The molecule has 0 bridgehead atoms. The number of benzene rings is 1. The van der Waals surface area contributed by atoms with Crippen LogP contribution >= 0.6 is 0 Å². The molecule has 1 aromatic carbocycles. The van der Waals surface area contributed by atoms with E-state index >= 15 is 0 Å². The largest absolute Gasteiger partial charge is 0.493 e. The minimum atomic E-state index is 0.622. The summed E-state index contributed by atoms with van der Waals surface area (Å²) in [5.41, 5.74) is 10.7. The molecule has 33 heavy (non-hydrogen) atoms. The van der Waals surface area contributed by atoms with Crippen molar-refractivity contribution in [2.24, 2.45) is 0 Å². The van der Waals surface area contributed by atoms with E-state index in [2.05, 4.69) is 26.5 Å². The third-order valence-electron chi connectivity index (χ3n) is 7.20. The van der Waals surface area contributed by atoms with Crippen LogP contribution in [0.25, 0.3) is 11.0 Å². The number of rotatable bonds is 7. The Balaban J connectivity index is 1.37. The number of hydrogen-bond donors (Lipinski definition) is 3. The molecule has 0 unspecified atom stereocenters. The summed E-state index contributed by atoms with van der Waals surface area (Å²) < 4.78 is 10.8. The third-order valence-corrected chi connectivity index (χ3v) is 7.20. The molecule has 8 heteroatoms. The number of hydrogen-bond acceptors (Lipinski definition) is 7. The number of fused-ring (bicyclic) bond motifs is 3. The Labute approximate surface area is 194 Å². The second kappa shape index (κ2) is 9.47. The molecule has 3 aromatic rings. The number of nitrogens with two attached hydrogens (primary N) is 1. The molecule has 1 aliphatic heterocycles. The Morgan fingerprint density at radius 3 is 2.73 bits per heavy atom. The van der Waals surface area contributed by atoms with E-state index in [-0.39, 0.29) is 0 Å². The predicted molar refractivity (Wildman–Crippen MR) is 131 cm³/mol. The molecule has 2 aromatic heterocycles. The van der Waals surface area contributed by atoms with E-state index in [9.17, 15) is 0 Å². The number of H-pyrrole nitrogens is 1. The first-order valence-corrected chi connectivity index (χ1v) is 12.0. The topological polar surface area (TPSA) is 101 Å². The molecule has 0 radical (unpaired) electrons. The van der Waals surface area contributed by atoms with Gasteiger partial charge in [-0.2, -0.15) is 5.10 Å². The van der Waals surface area contributed by atoms with Gasteiger partial charge >= 0.3 is 0 Å². The monoisotopic (exact) mass is 450 g/mol. The van der Waals surface area contributed by atoms with Gasteiger partial charge in [-0.05, 0) is 48.9 Å². The molecule has 3 heterocycles. The molecule has 1 saturated carbocycles. The molecule has 4 N–H and O–H groups in total. The van der Waals surface area contributed by atoms with Gasteiger partial charge in [0.15, 0.2) is 17.1 Å². The normalized spacial score (nSPS) is 17.2. The van der Waals surface area contributed by atoms with Crippen LogP contribution in [-0.4, -0.2) is 53.4 Å². The van der Waals surface area contributed by atoms with E-state index in [1.807, 2.05) is 12.1 Å². The maximum Gasteiger partial charge on any atom is 0.185 e. The second-order valence-corrected chi connectivity index (χ2v) is 9.13. The van der Waals surface area contributed by atoms with Gasteiger partial charge in [0.25, 0.3) is 0 Å². The summed E-state index contributed by atoms with van der Waals surface area (Å²) in [6, 6.07) is 6.75. The molecule has 0 amide bonds. The highest BCUT2D eigenvalue weighted by molar-refractivity contribution is 5.92. The quantitative estimate of drug-likeness (QED) is 0.502. The molecule has 1 fully saturated rings. The first kappa shape index (κ1) is 21.8. The standard InChI is InChI=1S/C25H34N6O2/c1-32-20-9-8-16(14-21(20)33-2)10-12-27-24-19-15-31(17-6-4-3-5-7-17)13-11-18(19)22-23(26)29-30-25(22)28-24/h8-9,14,17H,3-7,10-13,15H2,1-2H3,(H4,26,27,28,29,30). The zero-order chi connectivity index (χ0) is 22.8. The molecule has 0 saturated heterocycles. The Kier molecular flexibility index (Phi) is 6.26. The van der Waals surface area contributed by atoms with Gasteiger partial charge in [0, 0.05) is 31.2 Å². The maximum absolute atomic E-state index is 6.24. The van der Waals surface area contributed by atoms with Crippen LogP contribution in [-0.2, 0) is 19.4 Å². The molecule has 0 spiro atoms. The first-order valence-electron chi connectivity index (χ1n) is 12.0. The van der Waals surface area contributed by atoms with Crippen LogP contribution in [0, 0.1) is 0 Å². The fraction of sp³-hybridized carbons (Fsp3) is 0.520. The lowest BCUT2D eigenvalue weighted by molar-refractivity contribution is 0.142. The molecule has 0 atom stereocenters. The molecule has 1 aliphatic carbocycles. The van der Waals surface area contributed by atoms with Gasteiger partial charge in [-0.15, -0.1) is 0 Å². The summed E-state index contributed by atoms with van der Waals surface area (Å²) in [5.74, 6) is 3.05. The third kappa shape index (κ3) is 4.31. The molecule has 8 nitrogen and oxygen atoms in total. The average Bonchev–Trinajstić information content (AvgIpc) is 3.24. The van der Waals surface area contributed by atoms with Crippen LogP contribution in [0.3, 0.4) is 0 Å². The summed E-state index contributed by atoms with van der Waals surface area (Å²) >= 11 is 0. The van der Waals surface area contributed by atoms with Gasteiger partial charge in [-0.25, -0.2) is 4.98 Å². The van der Waals surface area contributed by atoms with E-state index in [0.717, 1.165) is 55.2 Å². The van der Waals surface area contributed by atoms with Crippen molar-refractivity contribution in [3.05, 3.63) is 34.9 Å². The van der Waals surface area contributed by atoms with Crippen molar-refractivity contribution >= 4 is 22.7 Å². The van der Waals surface area contributed by atoms with Gasteiger partial charge in [0.1, 0.15) is 11.6 Å². The van der Waals surface area contributed by atoms with Crippen LogP contribution < -0.4 is 20.5 Å². The van der Waals surface area contributed by atoms with Crippen molar-refractivity contribution in [3.63, 3.8) is 0 Å². The van der Waals surface area contributed by atoms with E-state index in [4.69, 9.17) is 20.2 Å². The number of nitrogens with zero attached hydrogens (tertiary/aromatic N) is 3. The van der Waals surface area contributed by atoms with Crippen LogP contribution in [0.4, 0.5) is 11.6 Å². The number of nitrogens with one attached hydrogen (secondary N) is 2. The molecular formula is C25H34N6O2. The summed E-state index contributed by atoms with van der Waals surface area (Å²) in [6.45, 7) is 2.77. The molecular weight excluding hydrogens is 416 g/mol. The Morgan fingerprint density at radius 1 is 1.12 bits per heavy atom. The van der Waals surface area contributed by atoms with Crippen molar-refractivity contribution in [1.29, 1.82) is 0 Å². The van der Waals surface area contributed by atoms with E-state index in [1.165, 1.54) is 48.8 Å². The fourth-order valence-corrected chi connectivity index (χ4v) is 5.44. The summed E-state index contributed by atoms with van der Waals surface area (Å²) in [7, 11) is 3.32. The van der Waals surface area contributed by atoms with E-state index < -0.39 is 0 Å². The van der Waals surface area contributed by atoms with Gasteiger partial charge < -0.3 is 20.5 Å². The van der Waals surface area contributed by atoms with Crippen molar-refractivity contribution in [2.45, 2.75) is 57.5 Å². The van der Waals surface area contributed by atoms with Crippen molar-refractivity contribution in [3.8, 4) is 11.5 Å². The van der Waals surface area contributed by atoms with Crippen molar-refractivity contribution < 1.29 is 9.47 Å². The number of nitrogen functional groups attached to an aromatic ring is 1. The van der Waals surface area contributed by atoms with E-state index in [1.54, 1.807) is 14.2 Å². The van der Waals surface area contributed by atoms with Crippen molar-refractivity contribution in [1.82, 2.24) is 20.1 Å². The maximum atomic E-state index is 6.24. The van der Waals surface area contributed by atoms with Crippen LogP contribution in [0.2, 0.25) is 0 Å². The number of methoxy groups -OCH3 is 2. The Bertz CT molecular complexity index is 1120. The van der Waals surface area contributed by atoms with Crippen LogP contribution in [0.15, 0.2) is 18.2 Å². The molecule has 2 aliphatic rings. The smallest absolute Gasteiger partial charge is 0.185 e. The van der Waals surface area contributed by atoms with E-state index in [0.29, 0.717) is 17.5 Å². The van der Waals surface area contributed by atoms with Gasteiger partial charge in [0.2, 0.25) is 0 Å². The first-order chi connectivity index (χ1) is 16.2. The zero-order valence-electron chi connectivity index (χ0n) is 19.6. The number of aromatic nitrogens is 3. The van der Waals surface area contributed by atoms with Gasteiger partial charge in [0.05, 0.1) is 19.6 Å². The summed E-state index contributed by atoms with van der Waals surface area (Å²) in [6.07, 6.45) is 8.51. The Hall–Kier alpha value is -3.00. The number of pyridine rings is 1. The molecule has 176 valence electrons. The van der Waals surface area contributed by atoms with Crippen LogP contribution in [0.5, 0.6) is 11.5 Å². The number of anilines is 2. The zero-order valence-corrected chi connectivity index (χ0v) is 19.6. The van der Waals surface area contributed by atoms with Gasteiger partial charge in [-0.3, -0.25) is 10.00 Å². The average molecular weight is 451 g/mol. The minimum Gasteiger partial charge on any atom is -0.493 e. The highest BCUT2D eigenvalue weighted by Crippen LogP contribution is 2.36. The lowest BCUT2D eigenvalue weighted by Gasteiger charge is -2.38. The van der Waals surface area contributed by atoms with Gasteiger partial charge in [-0.1, -0.05) is 25.3 Å². The Morgan fingerprint density at radius 2 is 1.94 bits per heavy atom. The fourth-order valence-electron chi connectivity index (χ4n) is 5.44. The highest BCUT2D eigenvalue weighted by atomic mass is 16.5. The number of ether oxygens (including phenoxy) is 2. The second-order valence-electron chi connectivity index (χ2n) is 9.13.